The molecule has 9 N–H and O–H groups in total. The average molecular weight is 947 g/mol. The summed E-state index contributed by atoms with van der Waals surface area (Å²) in [5.74, 6) is 6.50. The summed E-state index contributed by atoms with van der Waals surface area (Å²) in [6.45, 7) is 11.4. The van der Waals surface area contributed by atoms with E-state index in [4.69, 9.17) is 50.2 Å². The summed E-state index contributed by atoms with van der Waals surface area (Å²) in [6.07, 6.45) is 6.87. The summed E-state index contributed by atoms with van der Waals surface area (Å²) >= 11 is 4.27. The fourth-order valence-corrected chi connectivity index (χ4v) is 6.04. The Balaban J connectivity index is 0. The van der Waals surface area contributed by atoms with E-state index in [2.05, 4.69) is 57.1 Å². The number of amides is 2. The molecule has 1 heterocycles. The molecule has 64 heavy (non-hydrogen) atoms. The third-order valence-corrected chi connectivity index (χ3v) is 9.21. The number of hydrogen-bond acceptors (Lipinski definition) is 15. The van der Waals surface area contributed by atoms with Crippen LogP contribution in [0.1, 0.15) is 82.9 Å². The highest BCUT2D eigenvalue weighted by Crippen LogP contribution is 2.37. The van der Waals surface area contributed by atoms with Crippen LogP contribution in [-0.4, -0.2) is 145 Å². The molecule has 0 bridgehead atoms. The molecule has 0 aliphatic carbocycles. The van der Waals surface area contributed by atoms with E-state index in [0.717, 1.165) is 80.1 Å². The number of benzene rings is 2. The quantitative estimate of drug-likeness (QED) is 0.0193. The van der Waals surface area contributed by atoms with Crippen LogP contribution < -0.4 is 27.1 Å². The molecule has 2 aromatic rings. The molecule has 0 spiro atoms. The van der Waals surface area contributed by atoms with Gasteiger partial charge in [-0.2, -0.15) is 0 Å². The monoisotopic (exact) mass is 947 g/mol. The Morgan fingerprint density at radius 3 is 1.83 bits per heavy atom. The van der Waals surface area contributed by atoms with Crippen LogP contribution in [0.25, 0.3) is 11.4 Å². The van der Waals surface area contributed by atoms with Crippen molar-refractivity contribution in [1.29, 1.82) is 0 Å². The van der Waals surface area contributed by atoms with Gasteiger partial charge >= 0.3 is 6.72 Å². The van der Waals surface area contributed by atoms with E-state index >= 15 is 0 Å². The molecule has 3 rings (SSSR count). The van der Waals surface area contributed by atoms with Crippen LogP contribution in [0.2, 0.25) is 0 Å². The van der Waals surface area contributed by atoms with E-state index in [0.29, 0.717) is 104 Å². The molecule has 0 fully saturated rings. The van der Waals surface area contributed by atoms with E-state index in [1.54, 1.807) is 5.01 Å². The molecule has 0 aromatic heterocycles. The largest absolute Gasteiger partial charge is 0.400 e. The van der Waals surface area contributed by atoms with Gasteiger partial charge in [0.2, 0.25) is 12.3 Å². The summed E-state index contributed by atoms with van der Waals surface area (Å²) in [6, 6.07) is 16.3. The van der Waals surface area contributed by atoms with Crippen LogP contribution in [-0.2, 0) is 60.9 Å². The topological polar surface area (TPSA) is 250 Å². The highest BCUT2D eigenvalue weighted by molar-refractivity contribution is 8.06. The van der Waals surface area contributed by atoms with E-state index in [1.165, 1.54) is 6.92 Å². The third kappa shape index (κ3) is 33.0. The van der Waals surface area contributed by atoms with E-state index in [9.17, 15) is 14.4 Å². The summed E-state index contributed by atoms with van der Waals surface area (Å²) in [5.41, 5.74) is 12.4. The van der Waals surface area contributed by atoms with E-state index in [1.807, 2.05) is 51.1 Å². The maximum atomic E-state index is 10.7. The lowest BCUT2D eigenvalue weighted by Gasteiger charge is -2.32. The first kappa shape index (κ1) is 62.5. The lowest BCUT2D eigenvalue weighted by molar-refractivity contribution is -0.119. The number of aldehydes is 1. The Labute approximate surface area is 387 Å². The van der Waals surface area contributed by atoms with Crippen molar-refractivity contribution >= 4 is 54.2 Å². The molecule has 0 atom stereocenters. The molecule has 1 aliphatic rings. The third-order valence-electron chi connectivity index (χ3n) is 8.38. The van der Waals surface area contributed by atoms with Crippen molar-refractivity contribution < 1.29 is 57.5 Å². The van der Waals surface area contributed by atoms with Gasteiger partial charge in [-0.15, -0.1) is 0 Å². The maximum absolute atomic E-state index is 10.7. The van der Waals surface area contributed by atoms with Crippen LogP contribution >= 0.6 is 6.72 Å². The summed E-state index contributed by atoms with van der Waals surface area (Å²) in [5, 5.41) is 13.9. The van der Waals surface area contributed by atoms with Crippen molar-refractivity contribution in [2.24, 2.45) is 11.6 Å². The van der Waals surface area contributed by atoms with Crippen LogP contribution in [0.3, 0.4) is 0 Å². The molecule has 0 saturated carbocycles. The van der Waals surface area contributed by atoms with Crippen molar-refractivity contribution in [3.63, 3.8) is 0 Å². The predicted octanol–water partition coefficient (Wildman–Crippen LogP) is 3.95. The van der Waals surface area contributed by atoms with Crippen LogP contribution in [0.15, 0.2) is 48.5 Å². The second kappa shape index (κ2) is 43.3. The number of fused-ring (bicyclic) bond motifs is 2. The molecule has 0 radical (unpaired) electrons. The van der Waals surface area contributed by atoms with E-state index in [-0.39, 0.29) is 12.5 Å². The minimum absolute atomic E-state index is 0.0617. The minimum Gasteiger partial charge on any atom is -0.400 e. The number of para-hydroxylation sites is 1. The summed E-state index contributed by atoms with van der Waals surface area (Å²) in [7, 11) is 3.07. The Morgan fingerprint density at radius 2 is 1.31 bits per heavy atom. The molecule has 18 nitrogen and oxygen atoms in total. The number of carbonyl (C=O) groups is 3. The molecular weight excluding hydrogens is 868 g/mol. The zero-order valence-corrected chi connectivity index (χ0v) is 40.8. The van der Waals surface area contributed by atoms with Gasteiger partial charge in [-0.3, -0.25) is 9.59 Å². The van der Waals surface area contributed by atoms with Gasteiger partial charge in [0.05, 0.1) is 90.6 Å². The number of unbranched alkanes of at least 4 members (excludes halogenated alkanes) is 4. The number of nitrogens with two attached hydrogens (primary N) is 2. The molecule has 2 amide bonds. The zero-order valence-electron chi connectivity index (χ0n) is 39.0. The minimum atomic E-state index is -3.46. The zero-order chi connectivity index (χ0) is 48.3. The van der Waals surface area contributed by atoms with Gasteiger partial charge in [0.1, 0.15) is 6.29 Å². The van der Waals surface area contributed by atoms with Crippen molar-refractivity contribution in [3.8, 4) is 0 Å². The van der Waals surface area contributed by atoms with Crippen molar-refractivity contribution in [2.75, 3.05) is 111 Å². The Hall–Kier alpha value is -3.56. The van der Waals surface area contributed by atoms with Gasteiger partial charge in [-0.25, -0.2) is 5.84 Å². The maximum Gasteiger partial charge on any atom is 0.321 e. The normalized spacial score (nSPS) is 12.6. The second-order valence-electron chi connectivity index (χ2n) is 13.3. The van der Waals surface area contributed by atoms with Crippen molar-refractivity contribution in [3.05, 3.63) is 65.2 Å². The predicted molar refractivity (Wildman–Crippen MR) is 257 cm³/mol. The first-order valence-corrected chi connectivity index (χ1v) is 24.4. The fourth-order valence-electron chi connectivity index (χ4n) is 5.44. The van der Waals surface area contributed by atoms with Crippen LogP contribution in [0, 0.1) is 0 Å². The lowest BCUT2D eigenvalue weighted by atomic mass is 9.96. The molecule has 1 aliphatic heterocycles. The molecule has 2 aromatic carbocycles. The smallest absolute Gasteiger partial charge is 0.321 e. The van der Waals surface area contributed by atoms with Gasteiger partial charge < -0.3 is 74.2 Å². The first-order chi connectivity index (χ1) is 31.0. The van der Waals surface area contributed by atoms with Crippen molar-refractivity contribution in [1.82, 2.24) is 15.6 Å². The SMILES string of the molecule is CC.CC(=O)NCCOCCOCCOCCOCCOCCN(N)/C1=C(\N)c2ccccc2N(C)Cc2ccccc21.CCCC=O.CO.O=CNCCCCCCOP(O)(O)=S. The average Bonchev–Trinajstić information content (AvgIpc) is 3.28. The number of aliphatic hydroxyl groups excluding tert-OH is 1. The number of rotatable bonds is 30. The summed E-state index contributed by atoms with van der Waals surface area (Å²) in [4.78, 5) is 49.6. The molecule has 0 saturated heterocycles. The van der Waals surface area contributed by atoms with Gasteiger partial charge in [-0.05, 0) is 42.7 Å². The highest BCUT2D eigenvalue weighted by atomic mass is 32.5. The number of anilines is 1. The standard InChI is InChI=1S/C30H45N5O6.C7H16NO4PS.C4H8O.C2H6.CH4O/c1-24(36)33-11-13-37-15-17-39-19-21-41-22-20-40-18-16-38-14-12-35(32)30-26-8-4-3-7-25(26)23-34(2)28-10-6-5-9-27(28)29(30)31;9-7-8-5-3-1-2-4-6-12-13(10,11)14;1-2-3-4-5;2*1-2/h3-10H,11-23,31-32H2,1-2H3,(H,33,36);7H,1-6H2,(H,8,9)(H2,10,11,14);4H,2-3H2,1H3;1-2H3;2H,1H3/b30-29-;;;;. The molecular formula is C44H79N6O12PS. The second-order valence-corrected chi connectivity index (χ2v) is 16.0. The fraction of sp³-hybridized carbons (Fsp3) is 0.614. The Bertz CT molecular complexity index is 1540. The number of nitrogens with one attached hydrogen (secondary N) is 2. The Kier molecular flexibility index (Phi) is 42.3. The van der Waals surface area contributed by atoms with Crippen LogP contribution in [0.5, 0.6) is 0 Å². The number of nitrogens with zero attached hydrogens (tertiary/aromatic N) is 2. The van der Waals surface area contributed by atoms with Gasteiger partial charge in [0, 0.05) is 64.0 Å². The van der Waals surface area contributed by atoms with Gasteiger partial charge in [-0.1, -0.05) is 76.1 Å². The van der Waals surface area contributed by atoms with Crippen molar-refractivity contribution in [2.45, 2.75) is 72.8 Å². The van der Waals surface area contributed by atoms with Gasteiger partial charge in [0.15, 0.2) is 0 Å². The number of ether oxygens (including phenoxy) is 5. The highest BCUT2D eigenvalue weighted by Gasteiger charge is 2.23. The first-order valence-electron chi connectivity index (χ1n) is 21.8. The summed E-state index contributed by atoms with van der Waals surface area (Å²) < 4.78 is 32.2. The van der Waals surface area contributed by atoms with Gasteiger partial charge in [0.25, 0.3) is 0 Å². The molecule has 20 heteroatoms. The molecule has 368 valence electrons. The lowest BCUT2D eigenvalue weighted by Crippen LogP contribution is -2.36. The number of hydrazine groups is 1. The molecule has 0 unspecified atom stereocenters. The Morgan fingerprint density at radius 1 is 0.797 bits per heavy atom. The van der Waals surface area contributed by atoms with E-state index < -0.39 is 6.72 Å². The number of hydrogen-bond donors (Lipinski definition) is 7. The van der Waals surface area contributed by atoms with Crippen LogP contribution in [0.4, 0.5) is 5.69 Å². The number of aliphatic hydroxyl groups is 1. The number of carbonyl (C=O) groups excluding carboxylic acids is 3.